The summed E-state index contributed by atoms with van der Waals surface area (Å²) in [7, 11) is 1.62. The van der Waals surface area contributed by atoms with Gasteiger partial charge in [0.15, 0.2) is 0 Å². The van der Waals surface area contributed by atoms with Gasteiger partial charge >= 0.3 is 103 Å². The molecule has 0 heterocycles. The van der Waals surface area contributed by atoms with Gasteiger partial charge in [-0.2, -0.15) is 0 Å². The number of methoxy groups -OCH3 is 1. The maximum absolute atomic E-state index is 9.96. The van der Waals surface area contributed by atoms with Crippen molar-refractivity contribution in [3.63, 3.8) is 0 Å². The van der Waals surface area contributed by atoms with E-state index < -0.39 is 0 Å². The Balaban J connectivity index is -0.000000158. The second kappa shape index (κ2) is 26.6. The van der Waals surface area contributed by atoms with Gasteiger partial charge in [0.05, 0.1) is 6.61 Å². The van der Waals surface area contributed by atoms with Crippen LogP contribution in [-0.4, -0.2) is 32.5 Å². The molecule has 0 aromatic heterocycles. The monoisotopic (exact) mass is 356 g/mol. The number of hydrogen-bond acceptors (Lipinski definition) is 4. The number of thiocarbonyl (C=S) groups is 1. The molecule has 0 radical (unpaired) electrons. The van der Waals surface area contributed by atoms with Crippen molar-refractivity contribution in [1.82, 2.24) is 0 Å². The van der Waals surface area contributed by atoms with Crippen LogP contribution in [0.15, 0.2) is 30.3 Å². The van der Waals surface area contributed by atoms with Crippen molar-refractivity contribution >= 4 is 24.4 Å². The fourth-order valence-corrected chi connectivity index (χ4v) is 0.974. The van der Waals surface area contributed by atoms with Crippen LogP contribution in [0.2, 0.25) is 0 Å². The zero-order chi connectivity index (χ0) is 14.9. The number of hydrogen-bond donors (Lipinski definition) is 0. The predicted molar refractivity (Wildman–Crippen MR) is 81.1 cm³/mol. The topological polar surface area (TPSA) is 35.5 Å². The van der Waals surface area contributed by atoms with Gasteiger partial charge in [0.2, 0.25) is 0 Å². The van der Waals surface area contributed by atoms with Crippen LogP contribution >= 0.6 is 12.2 Å². The second-order valence-electron chi connectivity index (χ2n) is 2.83. The summed E-state index contributed by atoms with van der Waals surface area (Å²) in [5.74, 6) is 4.82. The summed E-state index contributed by atoms with van der Waals surface area (Å²) in [4.78, 5) is 9.96. The summed E-state index contributed by atoms with van der Waals surface area (Å²) in [6, 6.07) is 7.41. The molecule has 0 bridgehead atoms. The van der Waals surface area contributed by atoms with E-state index in [0.717, 1.165) is 11.3 Å². The zero-order valence-corrected chi connectivity index (χ0v) is 20.3. The molecule has 0 saturated carbocycles. The van der Waals surface area contributed by atoms with E-state index in [1.807, 2.05) is 31.2 Å². The van der Waals surface area contributed by atoms with E-state index in [0.29, 0.717) is 13.2 Å². The molecule has 0 aliphatic carbocycles. The van der Waals surface area contributed by atoms with Crippen molar-refractivity contribution in [2.24, 2.45) is 0 Å². The number of para-hydroxylation sites is 1. The van der Waals surface area contributed by atoms with Crippen molar-refractivity contribution in [3.8, 4) is 5.75 Å². The van der Waals surface area contributed by atoms with Crippen LogP contribution in [-0.2, 0) is 9.53 Å². The van der Waals surface area contributed by atoms with Crippen LogP contribution in [0.25, 0.3) is 0 Å². The Kier molecular flexibility index (Phi) is 38.8. The minimum atomic E-state index is 0. The Morgan fingerprint density at radius 2 is 1.86 bits per heavy atom. The SMILES string of the molecule is CCOc1ccccc1[C-]=C[C-]=O.[CH-]=S.[CH2-]COC.[K+].[K+]. The average molecular weight is 357 g/mol. The first-order chi connectivity index (χ1) is 9.29. The second-order valence-corrected chi connectivity index (χ2v) is 2.83. The molecule has 0 atom stereocenters. The largest absolute Gasteiger partial charge is 1.00 e. The third-order valence-electron chi connectivity index (χ3n) is 1.68. The molecule has 0 aliphatic rings. The summed E-state index contributed by atoms with van der Waals surface area (Å²) in [6.45, 7) is 6.46. The van der Waals surface area contributed by atoms with Crippen molar-refractivity contribution in [2.75, 3.05) is 20.3 Å². The molecule has 6 heteroatoms. The zero-order valence-electron chi connectivity index (χ0n) is 13.2. The molecule has 0 amide bonds. The van der Waals surface area contributed by atoms with Crippen LogP contribution < -0.4 is 108 Å². The van der Waals surface area contributed by atoms with Crippen molar-refractivity contribution in [1.29, 1.82) is 0 Å². The van der Waals surface area contributed by atoms with Crippen LogP contribution in [0.4, 0.5) is 0 Å². The van der Waals surface area contributed by atoms with Crippen LogP contribution in [0.5, 0.6) is 5.75 Å². The van der Waals surface area contributed by atoms with Gasteiger partial charge in [-0.25, -0.2) is 17.7 Å². The molecule has 0 spiro atoms. The van der Waals surface area contributed by atoms with E-state index in [9.17, 15) is 4.79 Å². The first-order valence-electron chi connectivity index (χ1n) is 5.49. The summed E-state index contributed by atoms with van der Waals surface area (Å²) >= 11 is 3.58. The van der Waals surface area contributed by atoms with Crippen molar-refractivity contribution in [3.05, 3.63) is 48.9 Å². The standard InChI is InChI=1S/C11H10O2.C3H7O.CHS.2K/c1-2-13-11-8-4-3-6-10(11)7-5-9-12;1-3-4-2;1-2;;/h3-6,8H,2H2,1H3;1,3H2,2H3;1H;;/q-2;2*-1;2*+1. The first kappa shape index (κ1) is 30.6. The van der Waals surface area contributed by atoms with Gasteiger partial charge in [-0.05, 0) is 19.0 Å². The molecule has 0 N–H and O–H groups in total. The number of rotatable bonds is 5. The van der Waals surface area contributed by atoms with Crippen molar-refractivity contribution < 1.29 is 117 Å². The van der Waals surface area contributed by atoms with Crippen LogP contribution in [0.3, 0.4) is 0 Å². The normalized spacial score (nSPS) is 7.95. The average Bonchev–Trinajstić information content (AvgIpc) is 2.49. The Morgan fingerprint density at radius 3 is 2.29 bits per heavy atom. The summed E-state index contributed by atoms with van der Waals surface area (Å²) in [5.41, 5.74) is 0.771. The molecule has 0 unspecified atom stereocenters. The van der Waals surface area contributed by atoms with E-state index in [-0.39, 0.29) is 103 Å². The van der Waals surface area contributed by atoms with Gasteiger partial charge in [0, 0.05) is 7.11 Å². The third-order valence-corrected chi connectivity index (χ3v) is 1.68. The molecule has 0 saturated heterocycles. The smallest absolute Gasteiger partial charge is 0.580 e. The summed E-state index contributed by atoms with van der Waals surface area (Å²) in [6.07, 6.45) is 5.62. The Hall–Kier alpha value is 1.75. The van der Waals surface area contributed by atoms with Gasteiger partial charge < -0.3 is 39.3 Å². The van der Waals surface area contributed by atoms with E-state index >= 15 is 0 Å². The van der Waals surface area contributed by atoms with Crippen LogP contribution in [0, 0.1) is 13.0 Å². The number of carbonyl (C=O) groups excluding carboxylic acids is 1. The molecule has 3 nitrogen and oxygen atoms in total. The van der Waals surface area contributed by atoms with Crippen LogP contribution in [0.1, 0.15) is 12.5 Å². The Labute approximate surface area is 219 Å². The molecule has 1 aromatic rings. The quantitative estimate of drug-likeness (QED) is 0.242. The van der Waals surface area contributed by atoms with Gasteiger partial charge in [0.1, 0.15) is 0 Å². The molecule has 0 aliphatic heterocycles. The van der Waals surface area contributed by atoms with Gasteiger partial charge in [-0.1, -0.05) is 12.7 Å². The van der Waals surface area contributed by atoms with E-state index in [2.05, 4.69) is 35.8 Å². The number of ether oxygens (including phenoxy) is 2. The fraction of sp³-hybridized carbons (Fsp3) is 0.267. The Morgan fingerprint density at radius 1 is 1.33 bits per heavy atom. The number of benzene rings is 1. The molecular formula is C15H18K2O3S-2. The van der Waals surface area contributed by atoms with Crippen molar-refractivity contribution in [2.45, 2.75) is 6.92 Å². The minimum absolute atomic E-state index is 0. The molecular weight excluding hydrogens is 338 g/mol. The number of allylic oxidation sites excluding steroid dienone is 1. The summed E-state index contributed by atoms with van der Waals surface area (Å²) < 4.78 is 9.75. The fourth-order valence-electron chi connectivity index (χ4n) is 0.974. The Bertz CT molecular complexity index is 359. The first-order valence-corrected chi connectivity index (χ1v) is 5.96. The van der Waals surface area contributed by atoms with Gasteiger partial charge in [-0.3, -0.25) is 6.08 Å². The predicted octanol–water partition coefficient (Wildman–Crippen LogP) is -3.13. The molecule has 1 aromatic carbocycles. The third kappa shape index (κ3) is 19.7. The summed E-state index contributed by atoms with van der Waals surface area (Å²) in [5, 5.41) is 0. The maximum Gasteiger partial charge on any atom is 1.00 e. The maximum atomic E-state index is 9.96. The minimum Gasteiger partial charge on any atom is -0.580 e. The molecule has 21 heavy (non-hydrogen) atoms. The van der Waals surface area contributed by atoms with Gasteiger partial charge in [-0.15, -0.1) is 12.1 Å². The van der Waals surface area contributed by atoms with E-state index in [4.69, 9.17) is 4.74 Å². The van der Waals surface area contributed by atoms with E-state index in [1.165, 1.54) is 6.08 Å². The van der Waals surface area contributed by atoms with E-state index in [1.54, 1.807) is 13.4 Å². The molecule has 0 fully saturated rings. The molecule has 1 rings (SSSR count). The van der Waals surface area contributed by atoms with Gasteiger partial charge in [0.25, 0.3) is 0 Å². The molecule has 106 valence electrons.